The number of alkyl halides is 3. The lowest BCUT2D eigenvalue weighted by molar-refractivity contribution is -0.142. The smallest absolute Gasteiger partial charge is 0.389 e. The van der Waals surface area contributed by atoms with Crippen LogP contribution < -0.4 is 11.1 Å². The molecule has 1 rings (SSSR count). The lowest BCUT2D eigenvalue weighted by Crippen LogP contribution is -2.16. The quantitative estimate of drug-likeness (QED) is 0.826. The van der Waals surface area contributed by atoms with Crippen LogP contribution in [0.15, 0.2) is 18.2 Å². The van der Waals surface area contributed by atoms with Crippen LogP contribution in [0, 0.1) is 0 Å². The van der Waals surface area contributed by atoms with Gasteiger partial charge < -0.3 is 11.1 Å². The number of hydrogen-bond donors (Lipinski definition) is 2. The molecule has 0 heterocycles. The van der Waals surface area contributed by atoms with Gasteiger partial charge in [-0.2, -0.15) is 13.2 Å². The van der Waals surface area contributed by atoms with Gasteiger partial charge in [0.15, 0.2) is 0 Å². The second-order valence-corrected chi connectivity index (χ2v) is 3.81. The second kappa shape index (κ2) is 5.27. The number of nitrogen functional groups attached to an aromatic ring is 1. The zero-order valence-corrected chi connectivity index (χ0v) is 9.40. The van der Waals surface area contributed by atoms with Crippen LogP contribution in [0.4, 0.5) is 24.5 Å². The fourth-order valence-electron chi connectivity index (χ4n) is 1.10. The average molecular weight is 267 g/mol. The van der Waals surface area contributed by atoms with E-state index in [1.807, 2.05) is 0 Å². The van der Waals surface area contributed by atoms with Crippen LogP contribution in [0.1, 0.15) is 12.8 Å². The van der Waals surface area contributed by atoms with Gasteiger partial charge in [0.05, 0.1) is 17.1 Å². The summed E-state index contributed by atoms with van der Waals surface area (Å²) in [6, 6.07) is 4.30. The van der Waals surface area contributed by atoms with E-state index in [2.05, 4.69) is 5.32 Å². The van der Waals surface area contributed by atoms with Gasteiger partial charge in [0.1, 0.15) is 0 Å². The minimum atomic E-state index is -4.34. The summed E-state index contributed by atoms with van der Waals surface area (Å²) in [5.41, 5.74) is 6.05. The summed E-state index contributed by atoms with van der Waals surface area (Å²) in [5.74, 6) is -0.718. The summed E-state index contributed by atoms with van der Waals surface area (Å²) >= 11 is 5.65. The zero-order valence-electron chi connectivity index (χ0n) is 8.64. The van der Waals surface area contributed by atoms with Crippen LogP contribution >= 0.6 is 11.6 Å². The van der Waals surface area contributed by atoms with E-state index in [0.717, 1.165) is 0 Å². The molecule has 1 aromatic carbocycles. The first-order valence-electron chi connectivity index (χ1n) is 4.69. The SMILES string of the molecule is Nc1cc(NC(=O)CCC(F)(F)F)ccc1Cl. The van der Waals surface area contributed by atoms with Gasteiger partial charge >= 0.3 is 6.18 Å². The highest BCUT2D eigenvalue weighted by Crippen LogP contribution is 2.24. The Morgan fingerprint density at radius 2 is 2.06 bits per heavy atom. The van der Waals surface area contributed by atoms with Gasteiger partial charge in [-0.3, -0.25) is 4.79 Å². The van der Waals surface area contributed by atoms with E-state index >= 15 is 0 Å². The van der Waals surface area contributed by atoms with Crippen LogP contribution in [0.3, 0.4) is 0 Å². The third kappa shape index (κ3) is 4.95. The molecule has 0 saturated heterocycles. The first-order valence-corrected chi connectivity index (χ1v) is 5.07. The molecule has 0 unspecified atom stereocenters. The highest BCUT2D eigenvalue weighted by Gasteiger charge is 2.27. The molecule has 0 aromatic heterocycles. The van der Waals surface area contributed by atoms with E-state index in [4.69, 9.17) is 17.3 Å². The summed E-state index contributed by atoms with van der Waals surface area (Å²) in [7, 11) is 0. The molecule has 0 spiro atoms. The lowest BCUT2D eigenvalue weighted by Gasteiger charge is -2.08. The Kier molecular flexibility index (Phi) is 4.22. The highest BCUT2D eigenvalue weighted by molar-refractivity contribution is 6.33. The van der Waals surface area contributed by atoms with Crippen molar-refractivity contribution in [1.82, 2.24) is 0 Å². The predicted molar refractivity (Wildman–Crippen MR) is 59.8 cm³/mol. The summed E-state index contributed by atoms with van der Waals surface area (Å²) < 4.78 is 35.6. The molecule has 0 bridgehead atoms. The summed E-state index contributed by atoms with van der Waals surface area (Å²) in [5, 5.41) is 2.62. The van der Waals surface area contributed by atoms with Crippen molar-refractivity contribution in [3.05, 3.63) is 23.2 Å². The van der Waals surface area contributed by atoms with E-state index in [-0.39, 0.29) is 5.69 Å². The average Bonchev–Trinajstić information content (AvgIpc) is 2.20. The summed E-state index contributed by atoms with van der Waals surface area (Å²) in [6.45, 7) is 0. The molecule has 0 aliphatic heterocycles. The molecule has 0 atom stereocenters. The number of amides is 1. The lowest BCUT2D eigenvalue weighted by atomic mass is 10.2. The maximum Gasteiger partial charge on any atom is 0.389 e. The number of nitrogens with two attached hydrogens (primary N) is 1. The van der Waals surface area contributed by atoms with Gasteiger partial charge in [0, 0.05) is 12.1 Å². The molecule has 1 aromatic rings. The topological polar surface area (TPSA) is 55.1 Å². The van der Waals surface area contributed by atoms with E-state index in [0.29, 0.717) is 10.7 Å². The second-order valence-electron chi connectivity index (χ2n) is 3.40. The molecule has 0 radical (unpaired) electrons. The monoisotopic (exact) mass is 266 g/mol. The molecule has 17 heavy (non-hydrogen) atoms. The van der Waals surface area contributed by atoms with Crippen molar-refractivity contribution in [3.63, 3.8) is 0 Å². The molecule has 0 saturated carbocycles. The van der Waals surface area contributed by atoms with Crippen LogP contribution in [0.25, 0.3) is 0 Å². The predicted octanol–water partition coefficient (Wildman–Crippen LogP) is 3.20. The third-order valence-corrected chi connectivity index (χ3v) is 2.26. The van der Waals surface area contributed by atoms with Crippen molar-refractivity contribution in [2.45, 2.75) is 19.0 Å². The number of halogens is 4. The minimum Gasteiger partial charge on any atom is -0.397 e. The van der Waals surface area contributed by atoms with Crippen LogP contribution in [-0.2, 0) is 4.79 Å². The fourth-order valence-corrected chi connectivity index (χ4v) is 1.22. The molecule has 3 nitrogen and oxygen atoms in total. The first-order chi connectivity index (χ1) is 7.78. The number of anilines is 2. The molecule has 0 fully saturated rings. The first kappa shape index (κ1) is 13.6. The number of benzene rings is 1. The van der Waals surface area contributed by atoms with Crippen LogP contribution in [-0.4, -0.2) is 12.1 Å². The number of hydrogen-bond acceptors (Lipinski definition) is 2. The Balaban J connectivity index is 2.54. The molecular formula is C10H10ClF3N2O. The van der Waals surface area contributed by atoms with Gasteiger partial charge in [-0.1, -0.05) is 11.6 Å². The summed E-state index contributed by atoms with van der Waals surface area (Å²) in [6.07, 6.45) is -6.11. The maximum absolute atomic E-state index is 11.9. The Hall–Kier alpha value is -1.43. The number of carbonyl (C=O) groups is 1. The Bertz CT molecular complexity index is 421. The molecule has 94 valence electrons. The van der Waals surface area contributed by atoms with E-state index in [9.17, 15) is 18.0 Å². The number of carbonyl (C=O) groups excluding carboxylic acids is 1. The third-order valence-electron chi connectivity index (χ3n) is 1.92. The van der Waals surface area contributed by atoms with Crippen molar-refractivity contribution >= 4 is 28.9 Å². The normalized spacial score (nSPS) is 11.3. The largest absolute Gasteiger partial charge is 0.397 e. The van der Waals surface area contributed by atoms with E-state index in [1.165, 1.54) is 18.2 Å². The van der Waals surface area contributed by atoms with E-state index in [1.54, 1.807) is 0 Å². The maximum atomic E-state index is 11.9. The summed E-state index contributed by atoms with van der Waals surface area (Å²) in [4.78, 5) is 11.2. The molecule has 0 aliphatic carbocycles. The van der Waals surface area contributed by atoms with Crippen molar-refractivity contribution in [3.8, 4) is 0 Å². The van der Waals surface area contributed by atoms with Gasteiger partial charge in [0.25, 0.3) is 0 Å². The van der Waals surface area contributed by atoms with Crippen LogP contribution in [0.2, 0.25) is 5.02 Å². The number of rotatable bonds is 3. The van der Waals surface area contributed by atoms with Crippen molar-refractivity contribution < 1.29 is 18.0 Å². The van der Waals surface area contributed by atoms with E-state index < -0.39 is 24.9 Å². The van der Waals surface area contributed by atoms with Gasteiger partial charge in [-0.15, -0.1) is 0 Å². The molecule has 0 aliphatic rings. The fraction of sp³-hybridized carbons (Fsp3) is 0.300. The van der Waals surface area contributed by atoms with Crippen molar-refractivity contribution in [1.29, 1.82) is 0 Å². The molecular weight excluding hydrogens is 257 g/mol. The van der Waals surface area contributed by atoms with Crippen molar-refractivity contribution in [2.24, 2.45) is 0 Å². The van der Waals surface area contributed by atoms with Crippen LogP contribution in [0.5, 0.6) is 0 Å². The highest BCUT2D eigenvalue weighted by atomic mass is 35.5. The van der Waals surface area contributed by atoms with Crippen molar-refractivity contribution in [2.75, 3.05) is 11.1 Å². The zero-order chi connectivity index (χ0) is 13.1. The molecule has 7 heteroatoms. The van der Waals surface area contributed by atoms with Gasteiger partial charge in [0.2, 0.25) is 5.91 Å². The minimum absolute atomic E-state index is 0.250. The number of nitrogens with one attached hydrogen (secondary N) is 1. The Morgan fingerprint density at radius 3 is 2.59 bits per heavy atom. The molecule has 3 N–H and O–H groups in total. The molecule has 1 amide bonds. The van der Waals surface area contributed by atoms with Gasteiger partial charge in [-0.25, -0.2) is 0 Å². The Morgan fingerprint density at radius 1 is 1.41 bits per heavy atom. The van der Waals surface area contributed by atoms with Gasteiger partial charge in [-0.05, 0) is 18.2 Å². The standard InChI is InChI=1S/C10H10ClF3N2O/c11-7-2-1-6(5-8(7)15)16-9(17)3-4-10(12,13)14/h1-2,5H,3-4,15H2,(H,16,17). The Labute approximate surface area is 101 Å².